The normalized spacial score (nSPS) is 11.4. The van der Waals surface area contributed by atoms with E-state index in [2.05, 4.69) is 0 Å². The van der Waals surface area contributed by atoms with Gasteiger partial charge in [0.25, 0.3) is 0 Å². The van der Waals surface area contributed by atoms with Crippen molar-refractivity contribution < 1.29 is 9.53 Å². The van der Waals surface area contributed by atoms with Crippen LogP contribution in [0.2, 0.25) is 0 Å². The summed E-state index contributed by atoms with van der Waals surface area (Å²) >= 11 is 0. The Morgan fingerprint density at radius 3 is 1.64 bits per heavy atom. The molecule has 0 aliphatic heterocycles. The largest absolute Gasteiger partial charge is 0.467 e. The molecule has 0 spiro atoms. The number of benzene rings is 3. The van der Waals surface area contributed by atoms with Crippen LogP contribution in [0.1, 0.15) is 22.7 Å². The molecule has 0 bridgehead atoms. The summed E-state index contributed by atoms with van der Waals surface area (Å²) in [6, 6.07) is 28.5. The van der Waals surface area contributed by atoms with Gasteiger partial charge in [-0.2, -0.15) is 0 Å². The average Bonchev–Trinajstić information content (AvgIpc) is 2.70. The van der Waals surface area contributed by atoms with E-state index in [0.29, 0.717) is 0 Å². The Morgan fingerprint density at radius 2 is 1.20 bits per heavy atom. The number of carbonyl (C=O) groups is 1. The van der Waals surface area contributed by atoms with Gasteiger partial charge in [0.05, 0.1) is 12.8 Å². The van der Waals surface area contributed by atoms with E-state index in [1.165, 1.54) is 7.11 Å². The first-order valence-electron chi connectivity index (χ1n) is 8.11. The van der Waals surface area contributed by atoms with Crippen molar-refractivity contribution in [3.8, 4) is 0 Å². The molecule has 0 aromatic heterocycles. The van der Waals surface area contributed by atoms with Gasteiger partial charge in [0.2, 0.25) is 0 Å². The van der Waals surface area contributed by atoms with Crippen LogP contribution in [0.4, 0.5) is 0 Å². The maximum Gasteiger partial charge on any atom is 0.335 e. The summed E-state index contributed by atoms with van der Waals surface area (Å²) < 4.78 is 4.99. The molecule has 0 saturated carbocycles. The van der Waals surface area contributed by atoms with Crippen LogP contribution in [-0.4, -0.2) is 18.8 Å². The molecule has 3 rings (SSSR count). The number of carbonyl (C=O) groups excluding carboxylic acids is 1. The van der Waals surface area contributed by atoms with Crippen LogP contribution < -0.4 is 0 Å². The summed E-state index contributed by atoms with van der Waals surface area (Å²) in [4.78, 5) is 17.2. The zero-order chi connectivity index (χ0) is 17.5. The van der Waals surface area contributed by atoms with Crippen molar-refractivity contribution in [2.24, 2.45) is 4.99 Å². The highest BCUT2D eigenvalue weighted by molar-refractivity contribution is 6.13. The highest BCUT2D eigenvalue weighted by Gasteiger charge is 2.22. The number of hydrogen-bond donors (Lipinski definition) is 0. The minimum absolute atomic E-state index is 0.379. The van der Waals surface area contributed by atoms with E-state index in [1.54, 1.807) is 0 Å². The van der Waals surface area contributed by atoms with E-state index in [4.69, 9.17) is 9.73 Å². The van der Waals surface area contributed by atoms with Gasteiger partial charge in [-0.15, -0.1) is 0 Å². The molecule has 0 N–H and O–H groups in total. The Labute approximate surface area is 147 Å². The summed E-state index contributed by atoms with van der Waals surface area (Å²) in [5.41, 5.74) is 3.48. The van der Waals surface area contributed by atoms with Gasteiger partial charge in [-0.05, 0) is 5.56 Å². The molecule has 3 nitrogen and oxygen atoms in total. The lowest BCUT2D eigenvalue weighted by Gasteiger charge is -2.14. The molecule has 0 unspecified atom stereocenters. The fourth-order valence-electron chi connectivity index (χ4n) is 2.65. The Bertz CT molecular complexity index is 801. The fraction of sp³-hybridized carbons (Fsp3) is 0.0909. The average molecular weight is 329 g/mol. The van der Waals surface area contributed by atoms with E-state index in [0.717, 1.165) is 22.4 Å². The van der Waals surface area contributed by atoms with Gasteiger partial charge in [0.1, 0.15) is 0 Å². The molecule has 0 aliphatic carbocycles. The van der Waals surface area contributed by atoms with Crippen LogP contribution in [0.15, 0.2) is 96.0 Å². The molecule has 0 heterocycles. The van der Waals surface area contributed by atoms with E-state index in [1.807, 2.05) is 91.0 Å². The van der Waals surface area contributed by atoms with Gasteiger partial charge in [-0.25, -0.2) is 4.79 Å². The van der Waals surface area contributed by atoms with E-state index < -0.39 is 6.04 Å². The topological polar surface area (TPSA) is 38.7 Å². The first-order chi connectivity index (χ1) is 12.3. The third kappa shape index (κ3) is 4.01. The molecule has 3 heteroatoms. The second-order valence-electron chi connectivity index (χ2n) is 5.55. The summed E-state index contributed by atoms with van der Waals surface area (Å²) in [7, 11) is 1.39. The van der Waals surface area contributed by atoms with Crippen LogP contribution in [0.5, 0.6) is 0 Å². The van der Waals surface area contributed by atoms with Crippen molar-refractivity contribution in [3.63, 3.8) is 0 Å². The van der Waals surface area contributed by atoms with Crippen molar-refractivity contribution in [2.45, 2.75) is 6.04 Å². The summed E-state index contributed by atoms with van der Waals surface area (Å²) in [6.45, 7) is 0. The van der Waals surface area contributed by atoms with Gasteiger partial charge in [0, 0.05) is 11.1 Å². The lowest BCUT2D eigenvalue weighted by Crippen LogP contribution is -2.16. The van der Waals surface area contributed by atoms with Crippen LogP contribution in [0.25, 0.3) is 0 Å². The van der Waals surface area contributed by atoms with Gasteiger partial charge >= 0.3 is 5.97 Å². The first-order valence-corrected chi connectivity index (χ1v) is 8.11. The third-order valence-corrected chi connectivity index (χ3v) is 3.89. The fourth-order valence-corrected chi connectivity index (χ4v) is 2.65. The molecule has 1 atom stereocenters. The highest BCUT2D eigenvalue weighted by atomic mass is 16.5. The van der Waals surface area contributed by atoms with Crippen molar-refractivity contribution in [1.29, 1.82) is 0 Å². The number of hydrogen-bond acceptors (Lipinski definition) is 3. The minimum atomic E-state index is -0.707. The molecule has 0 saturated heterocycles. The first kappa shape index (κ1) is 16.7. The second kappa shape index (κ2) is 8.06. The molecule has 3 aromatic carbocycles. The maximum absolute atomic E-state index is 12.4. The van der Waals surface area contributed by atoms with Crippen LogP contribution >= 0.6 is 0 Å². The van der Waals surface area contributed by atoms with Gasteiger partial charge in [-0.3, -0.25) is 4.99 Å². The molecule has 3 aromatic rings. The smallest absolute Gasteiger partial charge is 0.335 e. The Morgan fingerprint density at radius 1 is 0.760 bits per heavy atom. The number of nitrogens with zero attached hydrogens (tertiary/aromatic N) is 1. The van der Waals surface area contributed by atoms with E-state index >= 15 is 0 Å². The number of aliphatic imine (C=N–C) groups is 1. The number of rotatable bonds is 5. The van der Waals surface area contributed by atoms with Crippen LogP contribution in [-0.2, 0) is 9.53 Å². The molecule has 0 aliphatic rings. The van der Waals surface area contributed by atoms with E-state index in [9.17, 15) is 4.79 Å². The number of ether oxygens (including phenoxy) is 1. The zero-order valence-corrected chi connectivity index (χ0v) is 14.0. The summed E-state index contributed by atoms with van der Waals surface area (Å²) in [5.74, 6) is -0.379. The Hall–Kier alpha value is -3.20. The molecule has 0 amide bonds. The maximum atomic E-state index is 12.4. The minimum Gasteiger partial charge on any atom is -0.467 e. The number of esters is 1. The third-order valence-electron chi connectivity index (χ3n) is 3.89. The van der Waals surface area contributed by atoms with Crippen molar-refractivity contribution in [1.82, 2.24) is 0 Å². The molecule has 25 heavy (non-hydrogen) atoms. The lowest BCUT2D eigenvalue weighted by atomic mass is 10.0. The van der Waals surface area contributed by atoms with Crippen LogP contribution in [0, 0.1) is 0 Å². The highest BCUT2D eigenvalue weighted by Crippen LogP contribution is 2.22. The molecule has 124 valence electrons. The SMILES string of the molecule is COC(=O)[C@@H](N=C(c1ccccc1)c1ccccc1)c1ccccc1. The standard InChI is InChI=1S/C22H19NO2/c1-25-22(24)21(19-15-9-4-10-16-19)23-20(17-11-5-2-6-12-17)18-13-7-3-8-14-18/h2-16,21H,1H3/t21-/m0/s1. The zero-order valence-electron chi connectivity index (χ0n) is 14.0. The van der Waals surface area contributed by atoms with Crippen molar-refractivity contribution in [2.75, 3.05) is 7.11 Å². The van der Waals surface area contributed by atoms with Gasteiger partial charge < -0.3 is 4.74 Å². The van der Waals surface area contributed by atoms with Crippen molar-refractivity contribution in [3.05, 3.63) is 108 Å². The Kier molecular flexibility index (Phi) is 5.37. The summed E-state index contributed by atoms with van der Waals surface area (Å²) in [5, 5.41) is 0. The van der Waals surface area contributed by atoms with Gasteiger partial charge in [-0.1, -0.05) is 91.0 Å². The van der Waals surface area contributed by atoms with Gasteiger partial charge in [0.15, 0.2) is 6.04 Å². The second-order valence-corrected chi connectivity index (χ2v) is 5.55. The predicted molar refractivity (Wildman–Crippen MR) is 99.7 cm³/mol. The lowest BCUT2D eigenvalue weighted by molar-refractivity contribution is -0.142. The van der Waals surface area contributed by atoms with Crippen molar-refractivity contribution >= 4 is 11.7 Å². The number of methoxy groups -OCH3 is 1. The van der Waals surface area contributed by atoms with E-state index in [-0.39, 0.29) is 5.97 Å². The summed E-state index contributed by atoms with van der Waals surface area (Å²) in [6.07, 6.45) is 0. The molecular formula is C22H19NO2. The monoisotopic (exact) mass is 329 g/mol. The molecule has 0 fully saturated rings. The quantitative estimate of drug-likeness (QED) is 0.513. The Balaban J connectivity index is 2.14. The molecular weight excluding hydrogens is 310 g/mol. The van der Waals surface area contributed by atoms with Crippen LogP contribution in [0.3, 0.4) is 0 Å². The predicted octanol–water partition coefficient (Wildman–Crippen LogP) is 4.44. The molecule has 0 radical (unpaired) electrons.